The molecule has 8 heteroatoms. The Hall–Kier alpha value is 0.194. The van der Waals surface area contributed by atoms with Crippen molar-refractivity contribution in [3.8, 4) is 0 Å². The Kier molecular flexibility index (Phi) is 9.33. The summed E-state index contributed by atoms with van der Waals surface area (Å²) in [6.45, 7) is 14.0. The summed E-state index contributed by atoms with van der Waals surface area (Å²) < 4.78 is 30.1. The Bertz CT molecular complexity index is 286. The molecule has 0 aromatic heterocycles. The molecule has 1 saturated heterocycles. The lowest BCUT2D eigenvalue weighted by Crippen LogP contribution is -2.60. The van der Waals surface area contributed by atoms with Crippen molar-refractivity contribution >= 4 is 17.6 Å². The summed E-state index contributed by atoms with van der Waals surface area (Å²) in [6.07, 6.45) is 0. The van der Waals surface area contributed by atoms with Gasteiger partial charge in [-0.15, -0.1) is 0 Å². The molecule has 1 aliphatic rings. The predicted octanol–water partition coefficient (Wildman–Crippen LogP) is 1.67. The monoisotopic (exact) mass is 351 g/mol. The highest BCUT2D eigenvalue weighted by Crippen LogP contribution is 2.30. The first-order valence-electron chi connectivity index (χ1n) is 8.56. The molecule has 1 heterocycles. The first kappa shape index (κ1) is 20.2. The lowest BCUT2D eigenvalue weighted by atomic mass is 10.7. The summed E-state index contributed by atoms with van der Waals surface area (Å²) in [5, 5.41) is 3.44. The normalized spacial score (nSPS) is 21.4. The van der Waals surface area contributed by atoms with E-state index in [0.717, 1.165) is 18.3 Å². The maximum absolute atomic E-state index is 6.01. The summed E-state index contributed by atoms with van der Waals surface area (Å²) in [6, 6.07) is 1.10. The molecule has 132 valence electrons. The minimum atomic E-state index is -2.65. The number of nitrogens with one attached hydrogen (secondary N) is 1. The minimum Gasteiger partial charge on any atom is -0.374 e. The van der Waals surface area contributed by atoms with Crippen molar-refractivity contribution in [3.63, 3.8) is 0 Å². The van der Waals surface area contributed by atoms with Crippen molar-refractivity contribution in [2.45, 2.75) is 51.9 Å². The van der Waals surface area contributed by atoms with E-state index >= 15 is 0 Å². The Labute approximate surface area is 137 Å². The van der Waals surface area contributed by atoms with Crippen LogP contribution in [-0.2, 0) is 22.8 Å². The van der Waals surface area contributed by atoms with Gasteiger partial charge in [-0.05, 0) is 47.2 Å². The Morgan fingerprint density at radius 1 is 0.864 bits per heavy atom. The maximum atomic E-state index is 6.01. The molecule has 1 fully saturated rings. The third-order valence-electron chi connectivity index (χ3n) is 3.71. The second-order valence-electron chi connectivity index (χ2n) is 5.13. The molecule has 0 saturated carbocycles. The smallest absolute Gasteiger partial charge is 0.374 e. The van der Waals surface area contributed by atoms with Gasteiger partial charge in [0.2, 0.25) is 5.53 Å². The van der Waals surface area contributed by atoms with Crippen LogP contribution in [0.3, 0.4) is 0 Å². The van der Waals surface area contributed by atoms with E-state index in [1.54, 1.807) is 0 Å². The molecule has 0 radical (unpaired) electrons. The van der Waals surface area contributed by atoms with E-state index in [-0.39, 0.29) is 0 Å². The molecule has 1 aliphatic heterocycles. The van der Waals surface area contributed by atoms with Gasteiger partial charge in [-0.3, -0.25) is 5.32 Å². The molecule has 0 aromatic carbocycles. The second-order valence-corrected chi connectivity index (χ2v) is 11.7. The van der Waals surface area contributed by atoms with Crippen LogP contribution in [0.25, 0.3) is 0 Å². The fourth-order valence-electron chi connectivity index (χ4n) is 3.06. The first-order valence-corrected chi connectivity index (χ1v) is 12.7. The van der Waals surface area contributed by atoms with E-state index in [2.05, 4.69) is 5.32 Å². The lowest BCUT2D eigenvalue weighted by Gasteiger charge is -2.37. The van der Waals surface area contributed by atoms with Crippen LogP contribution in [0, 0.1) is 0 Å². The van der Waals surface area contributed by atoms with Gasteiger partial charge in [0.25, 0.3) is 0 Å². The second kappa shape index (κ2) is 10.1. The standard InChI is InChI=1S/C14H33NO5Si2/c1-6-16-14(17-7-2)15-11-12-21(14)13-22(18-8-3,19-9-4)20-10-5/h15,21H,6-13H2,1-5H3. The third-order valence-corrected chi connectivity index (χ3v) is 12.5. The SMILES string of the molecule is CCOC1(OCC)NCC[SiH]1C[Si](OCC)(OCC)OCC. The lowest BCUT2D eigenvalue weighted by molar-refractivity contribution is -0.191. The quantitative estimate of drug-likeness (QED) is 0.426. The molecular weight excluding hydrogens is 318 g/mol. The fourth-order valence-corrected chi connectivity index (χ4v) is 12.5. The zero-order valence-electron chi connectivity index (χ0n) is 14.8. The van der Waals surface area contributed by atoms with E-state index in [1.165, 1.54) is 0 Å². The highest BCUT2D eigenvalue weighted by atomic mass is 28.4. The Morgan fingerprint density at radius 2 is 1.36 bits per heavy atom. The van der Waals surface area contributed by atoms with E-state index in [1.807, 2.05) is 34.6 Å². The third kappa shape index (κ3) is 5.10. The zero-order chi connectivity index (χ0) is 16.5. The highest BCUT2D eigenvalue weighted by Gasteiger charge is 2.53. The van der Waals surface area contributed by atoms with Crippen LogP contribution in [-0.4, -0.2) is 62.7 Å². The van der Waals surface area contributed by atoms with Gasteiger partial charge in [-0.25, -0.2) is 0 Å². The molecule has 1 atom stereocenters. The molecular formula is C14H33NO5Si2. The van der Waals surface area contributed by atoms with Crippen molar-refractivity contribution in [1.29, 1.82) is 0 Å². The molecule has 1 rings (SSSR count). The summed E-state index contributed by atoms with van der Waals surface area (Å²) in [7, 11) is -4.10. The highest BCUT2D eigenvalue weighted by molar-refractivity contribution is 6.80. The summed E-state index contributed by atoms with van der Waals surface area (Å²) in [5.41, 5.74) is 0.239. The van der Waals surface area contributed by atoms with Crippen LogP contribution in [0.4, 0.5) is 0 Å². The molecule has 0 spiro atoms. The first-order chi connectivity index (χ1) is 10.6. The number of ether oxygens (including phenoxy) is 2. The van der Waals surface area contributed by atoms with Gasteiger partial charge in [0, 0.05) is 38.7 Å². The predicted molar refractivity (Wildman–Crippen MR) is 91.4 cm³/mol. The number of hydrogen-bond acceptors (Lipinski definition) is 6. The van der Waals surface area contributed by atoms with Crippen LogP contribution in [0.2, 0.25) is 11.7 Å². The molecule has 1 unspecified atom stereocenters. The van der Waals surface area contributed by atoms with Gasteiger partial charge < -0.3 is 22.8 Å². The van der Waals surface area contributed by atoms with Crippen LogP contribution < -0.4 is 5.32 Å². The van der Waals surface area contributed by atoms with Gasteiger partial charge in [-0.1, -0.05) is 0 Å². The van der Waals surface area contributed by atoms with E-state index in [4.69, 9.17) is 22.8 Å². The number of rotatable bonds is 12. The molecule has 0 amide bonds. The van der Waals surface area contributed by atoms with Crippen molar-refractivity contribution in [2.24, 2.45) is 0 Å². The Morgan fingerprint density at radius 3 is 1.77 bits per heavy atom. The molecule has 22 heavy (non-hydrogen) atoms. The fraction of sp³-hybridized carbons (Fsp3) is 1.00. The Balaban J connectivity index is 2.92. The average Bonchev–Trinajstić information content (AvgIpc) is 2.83. The van der Waals surface area contributed by atoms with Crippen LogP contribution in [0.5, 0.6) is 0 Å². The summed E-state index contributed by atoms with van der Waals surface area (Å²) in [5.74, 6) is 0. The molecule has 6 nitrogen and oxygen atoms in total. The van der Waals surface area contributed by atoms with E-state index in [0.29, 0.717) is 33.0 Å². The van der Waals surface area contributed by atoms with Crippen molar-refractivity contribution < 1.29 is 22.8 Å². The van der Waals surface area contributed by atoms with Crippen LogP contribution in [0.1, 0.15) is 34.6 Å². The van der Waals surface area contributed by atoms with Crippen molar-refractivity contribution in [1.82, 2.24) is 5.32 Å². The average molecular weight is 352 g/mol. The molecule has 0 aromatic rings. The van der Waals surface area contributed by atoms with Gasteiger partial charge >= 0.3 is 8.80 Å². The van der Waals surface area contributed by atoms with Crippen LogP contribution in [0.15, 0.2) is 0 Å². The summed E-state index contributed by atoms with van der Waals surface area (Å²) in [4.78, 5) is 0. The van der Waals surface area contributed by atoms with Gasteiger partial charge in [-0.2, -0.15) is 0 Å². The minimum absolute atomic E-state index is 0.604. The van der Waals surface area contributed by atoms with Crippen LogP contribution >= 0.6 is 0 Å². The van der Waals surface area contributed by atoms with Gasteiger partial charge in [0.1, 0.15) is 8.80 Å². The van der Waals surface area contributed by atoms with Gasteiger partial charge in [0.05, 0.1) is 0 Å². The number of hydrogen-bond donors (Lipinski definition) is 1. The van der Waals surface area contributed by atoms with Crippen molar-refractivity contribution in [2.75, 3.05) is 39.6 Å². The topological polar surface area (TPSA) is 58.2 Å². The van der Waals surface area contributed by atoms with E-state index < -0.39 is 23.1 Å². The largest absolute Gasteiger partial charge is 0.498 e. The van der Waals surface area contributed by atoms with Crippen molar-refractivity contribution in [3.05, 3.63) is 0 Å². The molecule has 0 aliphatic carbocycles. The maximum Gasteiger partial charge on any atom is 0.498 e. The van der Waals surface area contributed by atoms with E-state index in [9.17, 15) is 0 Å². The van der Waals surface area contributed by atoms with Gasteiger partial charge in [0.15, 0.2) is 0 Å². The molecule has 1 N–H and O–H groups in total. The molecule has 0 bridgehead atoms. The summed E-state index contributed by atoms with van der Waals surface area (Å²) >= 11 is 0. The zero-order valence-corrected chi connectivity index (χ0v) is 16.9.